The number of piperazine rings is 1. The molecule has 2 N–H and O–H groups in total. The molecule has 5 rings (SSSR count). The lowest BCUT2D eigenvalue weighted by Gasteiger charge is -2.32. The van der Waals surface area contributed by atoms with Crippen molar-refractivity contribution in [2.24, 2.45) is 0 Å². The van der Waals surface area contributed by atoms with Gasteiger partial charge >= 0.3 is 0 Å². The van der Waals surface area contributed by atoms with Gasteiger partial charge in [-0.3, -0.25) is 14.7 Å². The van der Waals surface area contributed by atoms with Crippen molar-refractivity contribution >= 4 is 39.5 Å². The highest BCUT2D eigenvalue weighted by atomic mass is 35.5. The number of nitrogens with one attached hydrogen (secondary N) is 2. The molecule has 4 aromatic rings. The van der Waals surface area contributed by atoms with E-state index in [0.717, 1.165) is 49.2 Å². The zero-order chi connectivity index (χ0) is 22.1. The fourth-order valence-electron chi connectivity index (χ4n) is 3.99. The van der Waals surface area contributed by atoms with Gasteiger partial charge in [-0.25, -0.2) is 4.98 Å². The number of halogens is 1. The van der Waals surface area contributed by atoms with E-state index in [4.69, 9.17) is 11.6 Å². The molecular weight excluding hydrogens is 424 g/mol. The number of rotatable bonds is 5. The highest BCUT2D eigenvalue weighted by Gasteiger charge is 2.13. The van der Waals surface area contributed by atoms with Crippen molar-refractivity contribution in [2.75, 3.05) is 38.5 Å². The van der Waals surface area contributed by atoms with Crippen LogP contribution in [0.15, 0.2) is 53.3 Å². The van der Waals surface area contributed by atoms with Crippen LogP contribution in [0.2, 0.25) is 5.02 Å². The molecule has 8 heteroatoms. The van der Waals surface area contributed by atoms with E-state index in [0.29, 0.717) is 28.5 Å². The SMILES string of the molecule is CN1CCN(Cc2ccc(CNc3nc4nc5ccc(Cl)cc5cc4c(=O)[nH]3)cc2)CC1. The van der Waals surface area contributed by atoms with Crippen LogP contribution in [-0.4, -0.2) is 58.0 Å². The number of benzene rings is 2. The first-order chi connectivity index (χ1) is 15.5. The lowest BCUT2D eigenvalue weighted by atomic mass is 10.1. The van der Waals surface area contributed by atoms with Crippen molar-refractivity contribution in [3.63, 3.8) is 0 Å². The molecule has 0 amide bonds. The fraction of sp³-hybridized carbons (Fsp3) is 0.292. The van der Waals surface area contributed by atoms with Gasteiger partial charge in [-0.1, -0.05) is 35.9 Å². The summed E-state index contributed by atoms with van der Waals surface area (Å²) in [5.41, 5.74) is 3.37. The highest BCUT2D eigenvalue weighted by molar-refractivity contribution is 6.31. The number of anilines is 1. The van der Waals surface area contributed by atoms with Crippen LogP contribution in [0, 0.1) is 0 Å². The predicted molar refractivity (Wildman–Crippen MR) is 129 cm³/mol. The van der Waals surface area contributed by atoms with Crippen LogP contribution in [0.3, 0.4) is 0 Å². The molecule has 1 aliphatic rings. The standard InChI is InChI=1S/C24H25ClN6O/c1-30-8-10-31(11-9-30)15-17-4-2-16(3-5-17)14-26-24-28-22-20(23(32)29-24)13-18-12-19(25)6-7-21(18)27-22/h2-7,12-13H,8-11,14-15H2,1H3,(H2,26,27,28,29,32). The average molecular weight is 449 g/mol. The lowest BCUT2D eigenvalue weighted by molar-refractivity contribution is 0.148. The number of aromatic amines is 1. The smallest absolute Gasteiger partial charge is 0.261 e. The van der Waals surface area contributed by atoms with Gasteiger partial charge in [0.1, 0.15) is 0 Å². The second-order valence-corrected chi connectivity index (χ2v) is 8.80. The molecular formula is C24H25ClN6O. The molecule has 0 spiro atoms. The molecule has 164 valence electrons. The molecule has 3 heterocycles. The molecule has 0 radical (unpaired) electrons. The molecule has 0 unspecified atom stereocenters. The molecule has 0 aliphatic carbocycles. The van der Waals surface area contributed by atoms with Crippen LogP contribution in [0.4, 0.5) is 5.95 Å². The maximum absolute atomic E-state index is 12.6. The van der Waals surface area contributed by atoms with Crippen molar-refractivity contribution in [1.29, 1.82) is 0 Å². The van der Waals surface area contributed by atoms with E-state index in [9.17, 15) is 4.79 Å². The Hall–Kier alpha value is -3.00. The minimum absolute atomic E-state index is 0.227. The van der Waals surface area contributed by atoms with Gasteiger partial charge in [0.25, 0.3) is 5.56 Å². The largest absolute Gasteiger partial charge is 0.352 e. The Kier molecular flexibility index (Phi) is 5.78. The van der Waals surface area contributed by atoms with Gasteiger partial charge in [0.2, 0.25) is 5.95 Å². The van der Waals surface area contributed by atoms with E-state index in [1.807, 2.05) is 6.07 Å². The normalized spacial score (nSPS) is 15.4. The summed E-state index contributed by atoms with van der Waals surface area (Å²) in [4.78, 5) is 29.3. The quantitative estimate of drug-likeness (QED) is 0.455. The van der Waals surface area contributed by atoms with Crippen LogP contribution in [0.25, 0.3) is 21.9 Å². The average Bonchev–Trinajstić information content (AvgIpc) is 2.79. The van der Waals surface area contributed by atoms with Crippen LogP contribution in [0.1, 0.15) is 11.1 Å². The summed E-state index contributed by atoms with van der Waals surface area (Å²) >= 11 is 6.05. The number of likely N-dealkylation sites (N-methyl/N-ethyl adjacent to an activating group) is 1. The van der Waals surface area contributed by atoms with Crippen LogP contribution in [-0.2, 0) is 13.1 Å². The number of nitrogens with zero attached hydrogens (tertiary/aromatic N) is 4. The maximum atomic E-state index is 12.6. The zero-order valence-electron chi connectivity index (χ0n) is 17.9. The second kappa shape index (κ2) is 8.86. The summed E-state index contributed by atoms with van der Waals surface area (Å²) in [5, 5.41) is 5.08. The Labute approximate surface area is 191 Å². The monoisotopic (exact) mass is 448 g/mol. The fourth-order valence-corrected chi connectivity index (χ4v) is 4.17. The van der Waals surface area contributed by atoms with E-state index in [1.54, 1.807) is 18.2 Å². The molecule has 32 heavy (non-hydrogen) atoms. The number of pyridine rings is 1. The summed E-state index contributed by atoms with van der Waals surface area (Å²) in [5.74, 6) is 0.407. The molecule has 0 atom stereocenters. The Balaban J connectivity index is 1.28. The molecule has 2 aromatic heterocycles. The summed E-state index contributed by atoms with van der Waals surface area (Å²) in [6.45, 7) is 6.00. The topological polar surface area (TPSA) is 77.2 Å². The van der Waals surface area contributed by atoms with E-state index in [-0.39, 0.29) is 5.56 Å². The van der Waals surface area contributed by atoms with Crippen LogP contribution in [0.5, 0.6) is 0 Å². The van der Waals surface area contributed by atoms with Crippen molar-refractivity contribution < 1.29 is 0 Å². The number of aromatic nitrogens is 3. The van der Waals surface area contributed by atoms with Crippen molar-refractivity contribution in [3.8, 4) is 0 Å². The molecule has 2 aromatic carbocycles. The number of H-pyrrole nitrogens is 1. The lowest BCUT2D eigenvalue weighted by Crippen LogP contribution is -2.43. The van der Waals surface area contributed by atoms with Gasteiger partial charge < -0.3 is 10.2 Å². The summed E-state index contributed by atoms with van der Waals surface area (Å²) in [7, 11) is 2.17. The van der Waals surface area contributed by atoms with E-state index < -0.39 is 0 Å². The van der Waals surface area contributed by atoms with Gasteiger partial charge in [0, 0.05) is 49.7 Å². The Morgan fingerprint density at radius 1 is 1.00 bits per heavy atom. The molecule has 1 aliphatic heterocycles. The van der Waals surface area contributed by atoms with Gasteiger partial charge in [0.05, 0.1) is 10.9 Å². The van der Waals surface area contributed by atoms with Gasteiger partial charge in [-0.05, 0) is 42.4 Å². The first-order valence-corrected chi connectivity index (χ1v) is 11.1. The molecule has 0 bridgehead atoms. The highest BCUT2D eigenvalue weighted by Crippen LogP contribution is 2.21. The predicted octanol–water partition coefficient (Wildman–Crippen LogP) is 3.48. The number of hydrogen-bond donors (Lipinski definition) is 2. The Morgan fingerprint density at radius 2 is 1.75 bits per heavy atom. The summed E-state index contributed by atoms with van der Waals surface area (Å²) in [6, 6.07) is 15.8. The van der Waals surface area contributed by atoms with E-state index in [1.165, 1.54) is 5.56 Å². The molecule has 1 saturated heterocycles. The Bertz CT molecular complexity index is 1310. The minimum Gasteiger partial charge on any atom is -0.352 e. The third-order valence-corrected chi connectivity index (χ3v) is 6.17. The second-order valence-electron chi connectivity index (χ2n) is 8.36. The Morgan fingerprint density at radius 3 is 2.53 bits per heavy atom. The van der Waals surface area contributed by atoms with Gasteiger partial charge in [0.15, 0.2) is 5.65 Å². The number of fused-ring (bicyclic) bond motifs is 2. The van der Waals surface area contributed by atoms with Gasteiger partial charge in [-0.2, -0.15) is 4.98 Å². The molecule has 7 nitrogen and oxygen atoms in total. The third-order valence-electron chi connectivity index (χ3n) is 5.94. The minimum atomic E-state index is -0.227. The van der Waals surface area contributed by atoms with Crippen LogP contribution >= 0.6 is 11.6 Å². The summed E-state index contributed by atoms with van der Waals surface area (Å²) in [6.07, 6.45) is 0. The first kappa shape index (κ1) is 20.9. The van der Waals surface area contributed by atoms with E-state index in [2.05, 4.69) is 61.4 Å². The van der Waals surface area contributed by atoms with Gasteiger partial charge in [-0.15, -0.1) is 0 Å². The number of hydrogen-bond acceptors (Lipinski definition) is 6. The zero-order valence-corrected chi connectivity index (χ0v) is 18.7. The van der Waals surface area contributed by atoms with E-state index >= 15 is 0 Å². The third kappa shape index (κ3) is 4.60. The summed E-state index contributed by atoms with van der Waals surface area (Å²) < 4.78 is 0. The molecule has 1 fully saturated rings. The maximum Gasteiger partial charge on any atom is 0.261 e. The first-order valence-electron chi connectivity index (χ1n) is 10.8. The van der Waals surface area contributed by atoms with Crippen LogP contribution < -0.4 is 10.9 Å². The molecule has 0 saturated carbocycles. The van der Waals surface area contributed by atoms with Crippen molar-refractivity contribution in [2.45, 2.75) is 13.1 Å². The van der Waals surface area contributed by atoms with Crippen molar-refractivity contribution in [3.05, 3.63) is 75.0 Å². The van der Waals surface area contributed by atoms with Crippen molar-refractivity contribution in [1.82, 2.24) is 24.8 Å².